The van der Waals surface area contributed by atoms with Gasteiger partial charge in [-0.15, -0.1) is 0 Å². The summed E-state index contributed by atoms with van der Waals surface area (Å²) >= 11 is 0. The summed E-state index contributed by atoms with van der Waals surface area (Å²) in [6.07, 6.45) is -0.365. The van der Waals surface area contributed by atoms with Crippen molar-refractivity contribution in [2.45, 2.75) is 13.5 Å². The maximum Gasteiger partial charge on any atom is 0.407 e. The zero-order valence-electron chi connectivity index (χ0n) is 12.3. The van der Waals surface area contributed by atoms with Crippen molar-refractivity contribution in [2.24, 2.45) is 0 Å². The molecule has 0 radical (unpaired) electrons. The van der Waals surface area contributed by atoms with Gasteiger partial charge in [-0.25, -0.2) is 4.79 Å². The number of anilines is 1. The fourth-order valence-corrected chi connectivity index (χ4v) is 2.25. The lowest BCUT2D eigenvalue weighted by atomic mass is 10.2. The molecule has 1 saturated heterocycles. The Hall–Kier alpha value is -1.75. The van der Waals surface area contributed by atoms with E-state index in [1.807, 2.05) is 0 Å². The van der Waals surface area contributed by atoms with Gasteiger partial charge in [-0.05, 0) is 31.7 Å². The topological polar surface area (TPSA) is 44.8 Å². The predicted octanol–water partition coefficient (Wildman–Crippen LogP) is 1.68. The number of benzene rings is 1. The van der Waals surface area contributed by atoms with E-state index in [0.717, 1.165) is 31.7 Å². The first-order valence-electron chi connectivity index (χ1n) is 7.12. The lowest BCUT2D eigenvalue weighted by Gasteiger charge is -2.34. The van der Waals surface area contributed by atoms with Crippen LogP contribution in [0.2, 0.25) is 0 Å². The highest BCUT2D eigenvalue weighted by atomic mass is 16.5. The third-order valence-electron chi connectivity index (χ3n) is 3.52. The van der Waals surface area contributed by atoms with Crippen molar-refractivity contribution in [1.29, 1.82) is 0 Å². The van der Waals surface area contributed by atoms with Crippen LogP contribution < -0.4 is 10.2 Å². The number of ether oxygens (including phenoxy) is 1. The maximum absolute atomic E-state index is 11.2. The number of alkyl carbamates (subject to hydrolysis) is 1. The highest BCUT2D eigenvalue weighted by Crippen LogP contribution is 2.16. The summed E-state index contributed by atoms with van der Waals surface area (Å²) in [6.45, 7) is 7.03. The second kappa shape index (κ2) is 7.14. The number of hydrogen-bond acceptors (Lipinski definition) is 4. The monoisotopic (exact) mass is 277 g/mol. The minimum absolute atomic E-state index is 0.365. The van der Waals surface area contributed by atoms with Crippen LogP contribution in [-0.4, -0.2) is 50.8 Å². The summed E-state index contributed by atoms with van der Waals surface area (Å²) in [5, 5.41) is 2.72. The van der Waals surface area contributed by atoms with Crippen molar-refractivity contribution in [3.63, 3.8) is 0 Å². The maximum atomic E-state index is 11.2. The standard InChI is InChI=1S/C15H23N3O2/c1-3-20-15(19)16-12-13-4-6-14(7-5-13)18-10-8-17(2)9-11-18/h4-7H,3,8-12H2,1-2H3,(H,16,19). The molecule has 1 aromatic rings. The second-order valence-electron chi connectivity index (χ2n) is 5.03. The van der Waals surface area contributed by atoms with Gasteiger partial charge >= 0.3 is 6.09 Å². The number of hydrogen-bond donors (Lipinski definition) is 1. The molecular weight excluding hydrogens is 254 g/mol. The van der Waals surface area contributed by atoms with Crippen LogP contribution >= 0.6 is 0 Å². The van der Waals surface area contributed by atoms with Gasteiger partial charge in [-0.3, -0.25) is 0 Å². The summed E-state index contributed by atoms with van der Waals surface area (Å²) in [5.41, 5.74) is 2.33. The number of rotatable bonds is 4. The summed E-state index contributed by atoms with van der Waals surface area (Å²) < 4.78 is 4.83. The summed E-state index contributed by atoms with van der Waals surface area (Å²) in [5.74, 6) is 0. The number of piperazine rings is 1. The van der Waals surface area contributed by atoms with Crippen LogP contribution in [0.1, 0.15) is 12.5 Å². The lowest BCUT2D eigenvalue weighted by molar-refractivity contribution is 0.151. The Bertz CT molecular complexity index is 425. The number of amides is 1. The molecule has 1 fully saturated rings. The minimum atomic E-state index is -0.365. The van der Waals surface area contributed by atoms with E-state index in [1.165, 1.54) is 5.69 Å². The molecule has 2 rings (SSSR count). The molecular formula is C15H23N3O2. The molecule has 0 aromatic heterocycles. The number of nitrogens with zero attached hydrogens (tertiary/aromatic N) is 2. The van der Waals surface area contributed by atoms with Crippen molar-refractivity contribution >= 4 is 11.8 Å². The fraction of sp³-hybridized carbons (Fsp3) is 0.533. The van der Waals surface area contributed by atoms with Gasteiger partial charge in [0.05, 0.1) is 6.61 Å². The van der Waals surface area contributed by atoms with Gasteiger partial charge in [-0.2, -0.15) is 0 Å². The molecule has 1 heterocycles. The first kappa shape index (κ1) is 14.7. The molecule has 0 saturated carbocycles. The van der Waals surface area contributed by atoms with E-state index in [4.69, 9.17) is 4.74 Å². The zero-order valence-corrected chi connectivity index (χ0v) is 12.3. The molecule has 0 atom stereocenters. The molecule has 0 bridgehead atoms. The van der Waals surface area contributed by atoms with Gasteiger partial charge in [0, 0.05) is 38.4 Å². The largest absolute Gasteiger partial charge is 0.450 e. The van der Waals surface area contributed by atoms with Gasteiger partial charge in [-0.1, -0.05) is 12.1 Å². The Morgan fingerprint density at radius 3 is 2.45 bits per heavy atom. The highest BCUT2D eigenvalue weighted by Gasteiger charge is 2.13. The number of carbonyl (C=O) groups is 1. The smallest absolute Gasteiger partial charge is 0.407 e. The Kier molecular flexibility index (Phi) is 5.24. The Balaban J connectivity index is 1.85. The van der Waals surface area contributed by atoms with E-state index in [1.54, 1.807) is 6.92 Å². The van der Waals surface area contributed by atoms with Gasteiger partial charge in [0.15, 0.2) is 0 Å². The second-order valence-corrected chi connectivity index (χ2v) is 5.03. The molecule has 0 aliphatic carbocycles. The quantitative estimate of drug-likeness (QED) is 0.909. The first-order valence-corrected chi connectivity index (χ1v) is 7.12. The molecule has 0 unspecified atom stereocenters. The van der Waals surface area contributed by atoms with Crippen LogP contribution in [0.15, 0.2) is 24.3 Å². The Labute approximate surface area is 120 Å². The average Bonchev–Trinajstić information content (AvgIpc) is 2.47. The van der Waals surface area contributed by atoms with Crippen LogP contribution in [0.4, 0.5) is 10.5 Å². The predicted molar refractivity (Wildman–Crippen MR) is 80.0 cm³/mol. The minimum Gasteiger partial charge on any atom is -0.450 e. The molecule has 1 aromatic carbocycles. The first-order chi connectivity index (χ1) is 9.69. The van der Waals surface area contributed by atoms with E-state index in [0.29, 0.717) is 13.2 Å². The number of nitrogens with one attached hydrogen (secondary N) is 1. The van der Waals surface area contributed by atoms with Crippen LogP contribution in [-0.2, 0) is 11.3 Å². The highest BCUT2D eigenvalue weighted by molar-refractivity contribution is 5.67. The van der Waals surface area contributed by atoms with E-state index in [-0.39, 0.29) is 6.09 Å². The Morgan fingerprint density at radius 2 is 1.85 bits per heavy atom. The van der Waals surface area contributed by atoms with Crippen molar-refractivity contribution < 1.29 is 9.53 Å². The van der Waals surface area contributed by atoms with Gasteiger partial charge in [0.2, 0.25) is 0 Å². The van der Waals surface area contributed by atoms with Crippen molar-refractivity contribution in [1.82, 2.24) is 10.2 Å². The molecule has 1 amide bonds. The number of likely N-dealkylation sites (N-methyl/N-ethyl adjacent to an activating group) is 1. The molecule has 1 aliphatic heterocycles. The van der Waals surface area contributed by atoms with E-state index in [9.17, 15) is 4.79 Å². The Morgan fingerprint density at radius 1 is 1.20 bits per heavy atom. The van der Waals surface area contributed by atoms with Gasteiger partial charge < -0.3 is 19.9 Å². The van der Waals surface area contributed by atoms with Crippen LogP contribution in [0.25, 0.3) is 0 Å². The van der Waals surface area contributed by atoms with Crippen LogP contribution in [0, 0.1) is 0 Å². The summed E-state index contributed by atoms with van der Waals surface area (Å²) in [7, 11) is 2.15. The molecule has 5 nitrogen and oxygen atoms in total. The van der Waals surface area contributed by atoms with E-state index < -0.39 is 0 Å². The normalized spacial score (nSPS) is 16.0. The fourth-order valence-electron chi connectivity index (χ4n) is 2.25. The SMILES string of the molecule is CCOC(=O)NCc1ccc(N2CCN(C)CC2)cc1. The third kappa shape index (κ3) is 4.13. The van der Waals surface area contributed by atoms with Crippen molar-refractivity contribution in [3.05, 3.63) is 29.8 Å². The molecule has 20 heavy (non-hydrogen) atoms. The van der Waals surface area contributed by atoms with Crippen molar-refractivity contribution in [3.8, 4) is 0 Å². The van der Waals surface area contributed by atoms with Gasteiger partial charge in [0.1, 0.15) is 0 Å². The molecule has 110 valence electrons. The zero-order chi connectivity index (χ0) is 14.4. The van der Waals surface area contributed by atoms with Crippen LogP contribution in [0.5, 0.6) is 0 Å². The lowest BCUT2D eigenvalue weighted by Crippen LogP contribution is -2.44. The summed E-state index contributed by atoms with van der Waals surface area (Å²) in [6, 6.07) is 8.35. The van der Waals surface area contributed by atoms with Gasteiger partial charge in [0.25, 0.3) is 0 Å². The van der Waals surface area contributed by atoms with Crippen LogP contribution in [0.3, 0.4) is 0 Å². The molecule has 1 N–H and O–H groups in total. The average molecular weight is 277 g/mol. The molecule has 1 aliphatic rings. The molecule has 0 spiro atoms. The van der Waals surface area contributed by atoms with Crippen molar-refractivity contribution in [2.75, 3.05) is 44.7 Å². The summed E-state index contributed by atoms with van der Waals surface area (Å²) in [4.78, 5) is 15.9. The van der Waals surface area contributed by atoms with E-state index in [2.05, 4.69) is 46.4 Å². The third-order valence-corrected chi connectivity index (χ3v) is 3.52. The number of carbonyl (C=O) groups excluding carboxylic acids is 1. The molecule has 5 heteroatoms. The van der Waals surface area contributed by atoms with E-state index >= 15 is 0 Å².